The second kappa shape index (κ2) is 4.92. The van der Waals surface area contributed by atoms with Crippen molar-refractivity contribution in [3.63, 3.8) is 0 Å². The van der Waals surface area contributed by atoms with Crippen LogP contribution in [0.1, 0.15) is 27.8 Å². The Morgan fingerprint density at radius 2 is 2.05 bits per heavy atom. The number of hydrogen-bond donors (Lipinski definition) is 1. The normalized spacial score (nSPS) is 10.2. The Hall–Kier alpha value is -3.03. The third-order valence-corrected chi connectivity index (χ3v) is 2.66. The molecular weight excluding hydrogens is 264 g/mol. The highest BCUT2D eigenvalue weighted by Gasteiger charge is 2.18. The summed E-state index contributed by atoms with van der Waals surface area (Å²) in [5.74, 6) is -1.10. The van der Waals surface area contributed by atoms with Gasteiger partial charge in [0.1, 0.15) is 5.69 Å². The first-order chi connectivity index (χ1) is 9.40. The summed E-state index contributed by atoms with van der Waals surface area (Å²) < 4.78 is 1.27. The highest BCUT2D eigenvalue weighted by atomic mass is 16.6. The van der Waals surface area contributed by atoms with Crippen LogP contribution in [0.3, 0.4) is 0 Å². The molecule has 0 radical (unpaired) electrons. The Morgan fingerprint density at radius 1 is 1.35 bits per heavy atom. The van der Waals surface area contributed by atoms with Gasteiger partial charge in [0, 0.05) is 12.3 Å². The molecule has 8 heteroatoms. The van der Waals surface area contributed by atoms with Gasteiger partial charge >= 0.3 is 0 Å². The molecule has 2 N–H and O–H groups in total. The van der Waals surface area contributed by atoms with E-state index in [2.05, 4.69) is 5.10 Å². The van der Waals surface area contributed by atoms with Crippen molar-refractivity contribution in [2.45, 2.75) is 6.92 Å². The number of carbonyl (C=O) groups is 2. The number of nitrogens with two attached hydrogens (primary N) is 1. The molecule has 0 aliphatic carbocycles. The van der Waals surface area contributed by atoms with Crippen LogP contribution in [0.15, 0.2) is 30.5 Å². The molecule has 0 unspecified atom stereocenters. The molecule has 1 heterocycles. The van der Waals surface area contributed by atoms with E-state index in [4.69, 9.17) is 5.73 Å². The Kier molecular flexibility index (Phi) is 3.30. The molecule has 0 fully saturated rings. The standard InChI is InChI=1S/C12H10N4O4/c1-7(17)9-3-2-8(6-11(9)16(19)20)15-5-4-10(14-15)12(13)18/h2-6H,1H3,(H2,13,18). The average molecular weight is 274 g/mol. The minimum absolute atomic E-state index is 0.0148. The number of nitrogens with zero attached hydrogens (tertiary/aromatic N) is 3. The molecule has 20 heavy (non-hydrogen) atoms. The molecule has 8 nitrogen and oxygen atoms in total. The maximum Gasteiger partial charge on any atom is 0.282 e. The van der Waals surface area contributed by atoms with Gasteiger partial charge in [0.05, 0.1) is 16.2 Å². The number of Topliss-reactive ketones (excluding diaryl/α,β-unsaturated/α-hetero) is 1. The maximum absolute atomic E-state index is 11.3. The first-order valence-corrected chi connectivity index (χ1v) is 5.55. The summed E-state index contributed by atoms with van der Waals surface area (Å²) in [6.07, 6.45) is 1.45. The van der Waals surface area contributed by atoms with Gasteiger partial charge in [-0.3, -0.25) is 19.7 Å². The number of aromatic nitrogens is 2. The molecule has 2 rings (SSSR count). The number of rotatable bonds is 4. The number of ketones is 1. The first kappa shape index (κ1) is 13.4. The van der Waals surface area contributed by atoms with Gasteiger partial charge < -0.3 is 5.73 Å². The fraction of sp³-hybridized carbons (Fsp3) is 0.0833. The fourth-order valence-electron chi connectivity index (χ4n) is 1.71. The van der Waals surface area contributed by atoms with Gasteiger partial charge in [0.2, 0.25) is 0 Å². The van der Waals surface area contributed by atoms with E-state index >= 15 is 0 Å². The summed E-state index contributed by atoms with van der Waals surface area (Å²) in [5, 5.41) is 14.9. The molecule has 1 aromatic carbocycles. The van der Waals surface area contributed by atoms with Crippen molar-refractivity contribution in [1.82, 2.24) is 9.78 Å². The topological polar surface area (TPSA) is 121 Å². The summed E-state index contributed by atoms with van der Waals surface area (Å²) in [6.45, 7) is 1.25. The van der Waals surface area contributed by atoms with Gasteiger partial charge in [-0.1, -0.05) is 0 Å². The monoisotopic (exact) mass is 274 g/mol. The molecule has 2 aromatic rings. The quantitative estimate of drug-likeness (QED) is 0.508. The van der Waals surface area contributed by atoms with Gasteiger partial charge in [-0.25, -0.2) is 4.68 Å². The zero-order chi connectivity index (χ0) is 14.9. The third kappa shape index (κ3) is 2.39. The minimum Gasteiger partial charge on any atom is -0.364 e. The van der Waals surface area contributed by atoms with Crippen molar-refractivity contribution in [2.24, 2.45) is 5.73 Å². The van der Waals surface area contributed by atoms with Crippen LogP contribution in [0.2, 0.25) is 0 Å². The van der Waals surface area contributed by atoms with Crippen LogP contribution in [0.5, 0.6) is 0 Å². The van der Waals surface area contributed by atoms with Crippen LogP contribution in [-0.4, -0.2) is 26.4 Å². The van der Waals surface area contributed by atoms with Gasteiger partial charge in [0.25, 0.3) is 11.6 Å². The molecule has 0 aliphatic heterocycles. The van der Waals surface area contributed by atoms with E-state index in [1.165, 1.54) is 42.1 Å². The van der Waals surface area contributed by atoms with Crippen molar-refractivity contribution in [1.29, 1.82) is 0 Å². The van der Waals surface area contributed by atoms with Crippen molar-refractivity contribution in [3.8, 4) is 5.69 Å². The summed E-state index contributed by atoms with van der Waals surface area (Å²) >= 11 is 0. The number of benzene rings is 1. The van der Waals surface area contributed by atoms with Gasteiger partial charge in [0.15, 0.2) is 5.78 Å². The van der Waals surface area contributed by atoms with Crippen molar-refractivity contribution in [3.05, 3.63) is 51.8 Å². The smallest absolute Gasteiger partial charge is 0.282 e. The number of carbonyl (C=O) groups excluding carboxylic acids is 2. The van der Waals surface area contributed by atoms with E-state index in [9.17, 15) is 19.7 Å². The van der Waals surface area contributed by atoms with E-state index in [0.717, 1.165) is 0 Å². The highest BCUT2D eigenvalue weighted by molar-refractivity contribution is 5.98. The van der Waals surface area contributed by atoms with Crippen LogP contribution in [0.25, 0.3) is 5.69 Å². The predicted octanol–water partition coefficient (Wildman–Crippen LogP) is 1.08. The van der Waals surface area contributed by atoms with Crippen LogP contribution < -0.4 is 5.73 Å². The summed E-state index contributed by atoms with van der Waals surface area (Å²) in [5.41, 5.74) is 5.18. The summed E-state index contributed by atoms with van der Waals surface area (Å²) in [4.78, 5) is 32.6. The van der Waals surface area contributed by atoms with E-state index in [1.807, 2.05) is 0 Å². The lowest BCUT2D eigenvalue weighted by molar-refractivity contribution is -0.385. The van der Waals surface area contributed by atoms with Crippen molar-refractivity contribution in [2.75, 3.05) is 0 Å². The molecule has 0 saturated carbocycles. The Balaban J connectivity index is 2.52. The van der Waals surface area contributed by atoms with Crippen molar-refractivity contribution < 1.29 is 14.5 Å². The predicted molar refractivity (Wildman–Crippen MR) is 68.7 cm³/mol. The third-order valence-electron chi connectivity index (χ3n) is 2.66. The number of primary amides is 1. The molecule has 0 atom stereocenters. The van der Waals surface area contributed by atoms with E-state index in [0.29, 0.717) is 5.69 Å². The lowest BCUT2D eigenvalue weighted by Gasteiger charge is -2.04. The lowest BCUT2D eigenvalue weighted by Crippen LogP contribution is -2.12. The Labute approximate surface area is 113 Å². The fourth-order valence-corrected chi connectivity index (χ4v) is 1.71. The van der Waals surface area contributed by atoms with Crippen LogP contribution >= 0.6 is 0 Å². The van der Waals surface area contributed by atoms with E-state index in [-0.39, 0.29) is 16.9 Å². The molecule has 0 bridgehead atoms. The van der Waals surface area contributed by atoms with Crippen LogP contribution in [-0.2, 0) is 0 Å². The number of nitro benzene ring substituents is 1. The van der Waals surface area contributed by atoms with Crippen LogP contribution in [0.4, 0.5) is 5.69 Å². The minimum atomic E-state index is -0.696. The zero-order valence-corrected chi connectivity index (χ0v) is 10.4. The van der Waals surface area contributed by atoms with Gasteiger partial charge in [-0.05, 0) is 25.1 Å². The van der Waals surface area contributed by atoms with E-state index < -0.39 is 16.6 Å². The Morgan fingerprint density at radius 3 is 2.55 bits per heavy atom. The van der Waals surface area contributed by atoms with Gasteiger partial charge in [-0.15, -0.1) is 0 Å². The SMILES string of the molecule is CC(=O)c1ccc(-n2ccc(C(N)=O)n2)cc1[N+](=O)[O-]. The van der Waals surface area contributed by atoms with E-state index in [1.54, 1.807) is 0 Å². The summed E-state index contributed by atoms with van der Waals surface area (Å²) in [6, 6.07) is 5.46. The van der Waals surface area contributed by atoms with Crippen molar-refractivity contribution >= 4 is 17.4 Å². The number of amides is 1. The largest absolute Gasteiger partial charge is 0.364 e. The maximum atomic E-state index is 11.3. The molecule has 1 amide bonds. The molecular formula is C12H10N4O4. The molecule has 1 aromatic heterocycles. The summed E-state index contributed by atoms with van der Waals surface area (Å²) in [7, 11) is 0. The molecule has 0 saturated heterocycles. The molecule has 102 valence electrons. The Bertz CT molecular complexity index is 720. The lowest BCUT2D eigenvalue weighted by atomic mass is 10.1. The number of nitro groups is 1. The zero-order valence-electron chi connectivity index (χ0n) is 10.4. The second-order valence-corrected chi connectivity index (χ2v) is 4.02. The molecule has 0 spiro atoms. The highest BCUT2D eigenvalue weighted by Crippen LogP contribution is 2.22. The first-order valence-electron chi connectivity index (χ1n) is 5.55. The average Bonchev–Trinajstić information content (AvgIpc) is 2.87. The van der Waals surface area contributed by atoms with Crippen LogP contribution in [0, 0.1) is 10.1 Å². The van der Waals surface area contributed by atoms with Gasteiger partial charge in [-0.2, -0.15) is 5.10 Å². The molecule has 0 aliphatic rings. The number of hydrogen-bond acceptors (Lipinski definition) is 5. The second-order valence-electron chi connectivity index (χ2n) is 4.02.